The van der Waals surface area contributed by atoms with Crippen molar-refractivity contribution in [3.63, 3.8) is 0 Å². The molecule has 0 spiro atoms. The normalized spacial score (nSPS) is 11.0. The van der Waals surface area contributed by atoms with Crippen LogP contribution in [0.4, 0.5) is 0 Å². The molecule has 0 fully saturated rings. The fraction of sp³-hybridized carbons (Fsp3) is 0. The topological polar surface area (TPSA) is 76.1 Å². The first kappa shape index (κ1) is 11.8. The van der Waals surface area contributed by atoms with Crippen LogP contribution in [-0.4, -0.2) is 5.97 Å². The molecular weight excluding hydrogens is 228 g/mol. The molecule has 2 rings (SSSR count). The van der Waals surface area contributed by atoms with Crippen molar-refractivity contribution in [2.75, 3.05) is 0 Å². The lowest BCUT2D eigenvalue weighted by Crippen LogP contribution is -2.11. The van der Waals surface area contributed by atoms with Crippen molar-refractivity contribution >= 4 is 22.8 Å². The predicted molar refractivity (Wildman–Crippen MR) is 67.8 cm³/mol. The van der Waals surface area contributed by atoms with E-state index in [1.807, 2.05) is 42.5 Å². The zero-order valence-electron chi connectivity index (χ0n) is 9.46. The number of benzene rings is 2. The Morgan fingerprint density at radius 3 is 2.67 bits per heavy atom. The third-order valence-electron chi connectivity index (χ3n) is 2.57. The first-order chi connectivity index (χ1) is 8.76. The van der Waals surface area contributed by atoms with Crippen LogP contribution < -0.4 is 5.90 Å². The van der Waals surface area contributed by atoms with Gasteiger partial charge in [0.2, 0.25) is 0 Å². The van der Waals surface area contributed by atoms with Crippen molar-refractivity contribution in [2.45, 2.75) is 0 Å². The van der Waals surface area contributed by atoms with Gasteiger partial charge in [-0.3, -0.25) is 0 Å². The molecule has 0 saturated carbocycles. The average molecular weight is 238 g/mol. The van der Waals surface area contributed by atoms with Crippen molar-refractivity contribution in [3.8, 4) is 6.07 Å². The minimum atomic E-state index is -0.842. The Hall–Kier alpha value is -2.64. The van der Waals surface area contributed by atoms with Crippen LogP contribution in [0.3, 0.4) is 0 Å². The first-order valence-electron chi connectivity index (χ1n) is 5.27. The van der Waals surface area contributed by atoms with Crippen LogP contribution >= 0.6 is 0 Å². The SMILES string of the molecule is N#CC(=Cc1cccc2ccccc12)C(=O)ON. The molecule has 0 bridgehead atoms. The van der Waals surface area contributed by atoms with Gasteiger partial charge in [0.1, 0.15) is 11.6 Å². The maximum absolute atomic E-state index is 11.2. The van der Waals surface area contributed by atoms with Crippen molar-refractivity contribution in [1.82, 2.24) is 0 Å². The quantitative estimate of drug-likeness (QED) is 0.494. The number of nitrogens with zero attached hydrogens (tertiary/aromatic N) is 1. The van der Waals surface area contributed by atoms with Gasteiger partial charge in [-0.05, 0) is 22.4 Å². The minimum absolute atomic E-state index is 0.131. The lowest BCUT2D eigenvalue weighted by molar-refractivity contribution is -0.138. The highest BCUT2D eigenvalue weighted by molar-refractivity contribution is 6.01. The van der Waals surface area contributed by atoms with Gasteiger partial charge in [-0.2, -0.15) is 11.2 Å². The number of carbonyl (C=O) groups is 1. The largest absolute Gasteiger partial charge is 0.369 e. The molecule has 2 aromatic carbocycles. The summed E-state index contributed by atoms with van der Waals surface area (Å²) in [6.07, 6.45) is 1.47. The smallest absolute Gasteiger partial charge is 0.367 e. The highest BCUT2D eigenvalue weighted by Crippen LogP contribution is 2.20. The standard InChI is InChI=1S/C14H10N2O2/c15-9-12(14(17)18-16)8-11-6-3-5-10-4-1-2-7-13(10)11/h1-8H,16H2. The van der Waals surface area contributed by atoms with Gasteiger partial charge in [0.15, 0.2) is 0 Å². The predicted octanol–water partition coefficient (Wildman–Crippen LogP) is 2.16. The zero-order chi connectivity index (χ0) is 13.0. The third kappa shape index (κ3) is 2.21. The molecule has 0 radical (unpaired) electrons. The van der Waals surface area contributed by atoms with Gasteiger partial charge in [-0.25, -0.2) is 4.79 Å². The summed E-state index contributed by atoms with van der Waals surface area (Å²) in [5.74, 6) is 3.93. The average Bonchev–Trinajstić information content (AvgIpc) is 2.44. The maximum Gasteiger partial charge on any atom is 0.367 e. The second-order valence-corrected chi connectivity index (χ2v) is 3.64. The van der Waals surface area contributed by atoms with E-state index >= 15 is 0 Å². The van der Waals surface area contributed by atoms with E-state index in [0.717, 1.165) is 16.3 Å². The summed E-state index contributed by atoms with van der Waals surface area (Å²) < 4.78 is 0. The summed E-state index contributed by atoms with van der Waals surface area (Å²) in [6.45, 7) is 0. The zero-order valence-corrected chi connectivity index (χ0v) is 9.46. The van der Waals surface area contributed by atoms with E-state index < -0.39 is 5.97 Å². The molecular formula is C14H10N2O2. The fourth-order valence-corrected chi connectivity index (χ4v) is 1.73. The Morgan fingerprint density at radius 1 is 1.22 bits per heavy atom. The van der Waals surface area contributed by atoms with Gasteiger partial charge >= 0.3 is 5.97 Å². The number of carbonyl (C=O) groups excluding carboxylic acids is 1. The molecule has 2 N–H and O–H groups in total. The van der Waals surface area contributed by atoms with Gasteiger partial charge in [-0.1, -0.05) is 42.5 Å². The number of nitrogens with two attached hydrogens (primary N) is 1. The molecule has 0 heterocycles. The van der Waals surface area contributed by atoms with Gasteiger partial charge in [0.05, 0.1) is 0 Å². The van der Waals surface area contributed by atoms with Crippen LogP contribution in [0.5, 0.6) is 0 Å². The molecule has 0 aliphatic heterocycles. The Kier molecular flexibility index (Phi) is 3.37. The molecule has 88 valence electrons. The van der Waals surface area contributed by atoms with E-state index in [1.165, 1.54) is 6.08 Å². The second-order valence-electron chi connectivity index (χ2n) is 3.64. The lowest BCUT2D eigenvalue weighted by Gasteiger charge is -2.02. The summed E-state index contributed by atoms with van der Waals surface area (Å²) in [5.41, 5.74) is 0.643. The Bertz CT molecular complexity index is 664. The third-order valence-corrected chi connectivity index (χ3v) is 2.57. The highest BCUT2D eigenvalue weighted by atomic mass is 16.7. The summed E-state index contributed by atoms with van der Waals surface area (Å²) in [7, 11) is 0. The van der Waals surface area contributed by atoms with Crippen molar-refractivity contribution < 1.29 is 9.63 Å². The van der Waals surface area contributed by atoms with E-state index in [2.05, 4.69) is 4.84 Å². The lowest BCUT2D eigenvalue weighted by atomic mass is 10.0. The van der Waals surface area contributed by atoms with Gasteiger partial charge < -0.3 is 4.84 Å². The number of fused-ring (bicyclic) bond motifs is 1. The van der Waals surface area contributed by atoms with E-state index in [9.17, 15) is 4.79 Å². The Balaban J connectivity index is 2.59. The molecule has 0 atom stereocenters. The van der Waals surface area contributed by atoms with E-state index in [-0.39, 0.29) is 5.57 Å². The van der Waals surface area contributed by atoms with Crippen LogP contribution in [-0.2, 0) is 9.63 Å². The fourth-order valence-electron chi connectivity index (χ4n) is 1.73. The number of rotatable bonds is 2. The van der Waals surface area contributed by atoms with Crippen molar-refractivity contribution in [1.29, 1.82) is 5.26 Å². The second kappa shape index (κ2) is 5.13. The summed E-state index contributed by atoms with van der Waals surface area (Å²) in [4.78, 5) is 15.3. The monoisotopic (exact) mass is 238 g/mol. The number of nitriles is 1. The highest BCUT2D eigenvalue weighted by Gasteiger charge is 2.10. The molecule has 0 aliphatic rings. The van der Waals surface area contributed by atoms with Crippen LogP contribution in [0.1, 0.15) is 5.56 Å². The van der Waals surface area contributed by atoms with Crippen LogP contribution in [0.2, 0.25) is 0 Å². The molecule has 0 unspecified atom stereocenters. The molecule has 0 aliphatic carbocycles. The number of hydrogen-bond acceptors (Lipinski definition) is 4. The Labute approximate surface area is 104 Å². The van der Waals surface area contributed by atoms with E-state index in [0.29, 0.717) is 0 Å². The first-order valence-corrected chi connectivity index (χ1v) is 5.27. The molecule has 0 saturated heterocycles. The molecule has 0 aromatic heterocycles. The van der Waals surface area contributed by atoms with E-state index in [1.54, 1.807) is 6.07 Å². The molecule has 4 nitrogen and oxygen atoms in total. The van der Waals surface area contributed by atoms with Gasteiger partial charge in [-0.15, -0.1) is 0 Å². The van der Waals surface area contributed by atoms with Crippen LogP contribution in [0, 0.1) is 11.3 Å². The van der Waals surface area contributed by atoms with Crippen molar-refractivity contribution in [2.24, 2.45) is 5.90 Å². The van der Waals surface area contributed by atoms with Crippen molar-refractivity contribution in [3.05, 3.63) is 53.6 Å². The molecule has 2 aromatic rings. The van der Waals surface area contributed by atoms with Gasteiger partial charge in [0.25, 0.3) is 0 Å². The molecule has 0 amide bonds. The summed E-state index contributed by atoms with van der Waals surface area (Å²) in [5, 5.41) is 10.9. The van der Waals surface area contributed by atoms with Crippen LogP contribution in [0.25, 0.3) is 16.8 Å². The maximum atomic E-state index is 11.2. The van der Waals surface area contributed by atoms with E-state index in [4.69, 9.17) is 11.2 Å². The Morgan fingerprint density at radius 2 is 1.94 bits per heavy atom. The number of hydrogen-bond donors (Lipinski definition) is 1. The van der Waals surface area contributed by atoms with Gasteiger partial charge in [0, 0.05) is 0 Å². The summed E-state index contributed by atoms with van der Waals surface area (Å²) >= 11 is 0. The van der Waals surface area contributed by atoms with Crippen LogP contribution in [0.15, 0.2) is 48.0 Å². The molecule has 18 heavy (non-hydrogen) atoms. The molecule has 4 heteroatoms. The minimum Gasteiger partial charge on any atom is -0.369 e. The summed E-state index contributed by atoms with van der Waals surface area (Å²) in [6, 6.07) is 15.1.